The quantitative estimate of drug-likeness (QED) is 0.650. The molecule has 148 valence electrons. The van der Waals surface area contributed by atoms with Gasteiger partial charge in [-0.1, -0.05) is 30.3 Å². The summed E-state index contributed by atoms with van der Waals surface area (Å²) in [7, 11) is 0. The monoisotopic (exact) mass is 393 g/mol. The van der Waals surface area contributed by atoms with E-state index in [1.165, 1.54) is 6.07 Å². The normalized spacial score (nSPS) is 18.1. The van der Waals surface area contributed by atoms with Crippen LogP contribution in [0.15, 0.2) is 48.7 Å². The third kappa shape index (κ3) is 3.40. The zero-order chi connectivity index (χ0) is 20.5. The number of carbonyl (C=O) groups is 2. The fourth-order valence-electron chi connectivity index (χ4n) is 3.74. The van der Waals surface area contributed by atoms with Crippen LogP contribution in [0, 0.1) is 12.7 Å². The molecule has 2 heterocycles. The van der Waals surface area contributed by atoms with Crippen LogP contribution in [0.3, 0.4) is 0 Å². The van der Waals surface area contributed by atoms with E-state index in [4.69, 9.17) is 4.74 Å². The van der Waals surface area contributed by atoms with Crippen molar-refractivity contribution in [3.05, 3.63) is 82.7 Å². The first kappa shape index (κ1) is 18.9. The summed E-state index contributed by atoms with van der Waals surface area (Å²) in [6, 6.07) is 11.0. The number of imidazole rings is 1. The Kier molecular flexibility index (Phi) is 4.88. The van der Waals surface area contributed by atoms with Gasteiger partial charge in [0.15, 0.2) is 5.78 Å². The van der Waals surface area contributed by atoms with Crippen LogP contribution in [-0.2, 0) is 4.74 Å². The molecule has 7 heteroatoms. The van der Waals surface area contributed by atoms with Crippen molar-refractivity contribution in [2.75, 3.05) is 11.9 Å². The minimum absolute atomic E-state index is 0.0747. The van der Waals surface area contributed by atoms with Crippen molar-refractivity contribution >= 4 is 17.4 Å². The molecule has 2 unspecified atom stereocenters. The molecule has 4 rings (SSSR count). The summed E-state index contributed by atoms with van der Waals surface area (Å²) < 4.78 is 19.3. The van der Waals surface area contributed by atoms with Gasteiger partial charge < -0.3 is 15.0 Å². The number of Topliss-reactive ketones (excluding diaryl/α,β-unsaturated/α-hetero) is 1. The Bertz CT molecular complexity index is 1080. The number of nitrogens with zero attached hydrogens (tertiary/aromatic N) is 1. The average Bonchev–Trinajstić information content (AvgIpc) is 3.14. The van der Waals surface area contributed by atoms with Gasteiger partial charge in [-0.15, -0.1) is 0 Å². The number of benzene rings is 2. The predicted molar refractivity (Wildman–Crippen MR) is 106 cm³/mol. The lowest BCUT2D eigenvalue weighted by atomic mass is 9.79. The molecule has 0 amide bonds. The third-order valence-corrected chi connectivity index (χ3v) is 4.95. The van der Waals surface area contributed by atoms with Crippen LogP contribution in [0.2, 0.25) is 0 Å². The Hall–Kier alpha value is -3.48. The summed E-state index contributed by atoms with van der Waals surface area (Å²) in [5.74, 6) is -1.71. The molecule has 0 bridgehead atoms. The number of aromatic amines is 1. The summed E-state index contributed by atoms with van der Waals surface area (Å²) in [4.78, 5) is 33.6. The number of ether oxygens (including phenoxy) is 1. The highest BCUT2D eigenvalue weighted by molar-refractivity contribution is 6.14. The maximum Gasteiger partial charge on any atom is 0.339 e. The van der Waals surface area contributed by atoms with Gasteiger partial charge in [0.05, 0.1) is 29.7 Å². The standard InChI is InChI=1S/C22H20FN3O3/c1-3-29-22(28)15-9-14(23)10-16-18(15)20(27)17(13-7-5-4-6-8-13)19(26-16)21-24-11-12(2)25-21/h4-11,17,19,26H,3H2,1-2H3,(H,24,25). The van der Waals surface area contributed by atoms with Gasteiger partial charge in [-0.3, -0.25) is 4.79 Å². The number of rotatable bonds is 4. The number of halogens is 1. The molecule has 0 saturated carbocycles. The van der Waals surface area contributed by atoms with E-state index in [1.807, 2.05) is 37.3 Å². The highest BCUT2D eigenvalue weighted by atomic mass is 19.1. The second kappa shape index (κ2) is 7.50. The number of aryl methyl sites for hydroxylation is 1. The molecule has 0 spiro atoms. The van der Waals surface area contributed by atoms with Crippen molar-refractivity contribution in [1.29, 1.82) is 0 Å². The molecule has 2 atom stereocenters. The first-order chi connectivity index (χ1) is 14.0. The van der Waals surface area contributed by atoms with Crippen molar-refractivity contribution in [1.82, 2.24) is 9.97 Å². The molecule has 1 aliphatic heterocycles. The lowest BCUT2D eigenvalue weighted by Crippen LogP contribution is -2.34. The summed E-state index contributed by atoms with van der Waals surface area (Å²) in [5, 5.41) is 3.22. The van der Waals surface area contributed by atoms with Gasteiger partial charge in [-0.2, -0.15) is 0 Å². The van der Waals surface area contributed by atoms with Gasteiger partial charge in [0.1, 0.15) is 11.6 Å². The molecule has 2 aromatic carbocycles. The molecule has 2 N–H and O–H groups in total. The molecule has 1 aromatic heterocycles. The number of anilines is 1. The van der Waals surface area contributed by atoms with E-state index in [2.05, 4.69) is 15.3 Å². The minimum atomic E-state index is -0.725. The Morgan fingerprint density at radius 2 is 2.00 bits per heavy atom. The zero-order valence-corrected chi connectivity index (χ0v) is 16.0. The van der Waals surface area contributed by atoms with Crippen LogP contribution < -0.4 is 5.32 Å². The van der Waals surface area contributed by atoms with Crippen LogP contribution >= 0.6 is 0 Å². The molecule has 0 fully saturated rings. The van der Waals surface area contributed by atoms with Crippen molar-refractivity contribution in [2.45, 2.75) is 25.8 Å². The summed E-state index contributed by atoms with van der Waals surface area (Å²) in [6.07, 6.45) is 1.68. The first-order valence-electron chi connectivity index (χ1n) is 9.37. The summed E-state index contributed by atoms with van der Waals surface area (Å²) >= 11 is 0. The van der Waals surface area contributed by atoms with Crippen molar-refractivity contribution in [3.8, 4) is 0 Å². The van der Waals surface area contributed by atoms with E-state index in [-0.39, 0.29) is 29.2 Å². The highest BCUT2D eigenvalue weighted by Gasteiger charge is 2.41. The second-order valence-corrected chi connectivity index (χ2v) is 6.92. The Morgan fingerprint density at radius 3 is 2.66 bits per heavy atom. The molecular formula is C22H20FN3O3. The van der Waals surface area contributed by atoms with Gasteiger partial charge in [-0.05, 0) is 31.5 Å². The third-order valence-electron chi connectivity index (χ3n) is 4.95. The molecule has 29 heavy (non-hydrogen) atoms. The number of aromatic nitrogens is 2. The molecular weight excluding hydrogens is 373 g/mol. The number of hydrogen-bond donors (Lipinski definition) is 2. The van der Waals surface area contributed by atoms with E-state index in [9.17, 15) is 14.0 Å². The van der Waals surface area contributed by atoms with E-state index in [0.717, 1.165) is 17.3 Å². The van der Waals surface area contributed by atoms with Crippen LogP contribution in [-0.4, -0.2) is 28.3 Å². The number of carbonyl (C=O) groups excluding carboxylic acids is 2. The SMILES string of the molecule is CCOC(=O)c1cc(F)cc2c1C(=O)C(c1ccccc1)C(c1ncc(C)[nH]1)N2. The van der Waals surface area contributed by atoms with Crippen LogP contribution in [0.4, 0.5) is 10.1 Å². The minimum Gasteiger partial charge on any atom is -0.462 e. The lowest BCUT2D eigenvalue weighted by molar-refractivity contribution is 0.0522. The van der Waals surface area contributed by atoms with E-state index in [0.29, 0.717) is 5.82 Å². The number of fused-ring (bicyclic) bond motifs is 1. The zero-order valence-electron chi connectivity index (χ0n) is 16.0. The largest absolute Gasteiger partial charge is 0.462 e. The number of H-pyrrole nitrogens is 1. The molecule has 0 aliphatic carbocycles. The van der Waals surface area contributed by atoms with E-state index < -0.39 is 23.7 Å². The number of esters is 1. The first-order valence-corrected chi connectivity index (χ1v) is 9.37. The van der Waals surface area contributed by atoms with Crippen LogP contribution in [0.25, 0.3) is 0 Å². The predicted octanol–water partition coefficient (Wildman–Crippen LogP) is 4.17. The second-order valence-electron chi connectivity index (χ2n) is 6.92. The molecule has 6 nitrogen and oxygen atoms in total. The van der Waals surface area contributed by atoms with Crippen LogP contribution in [0.1, 0.15) is 56.7 Å². The average molecular weight is 393 g/mol. The van der Waals surface area contributed by atoms with Gasteiger partial charge in [0.2, 0.25) is 0 Å². The number of ketones is 1. The topological polar surface area (TPSA) is 84.1 Å². The van der Waals surface area contributed by atoms with Gasteiger partial charge in [0, 0.05) is 17.6 Å². The van der Waals surface area contributed by atoms with Gasteiger partial charge in [0.25, 0.3) is 0 Å². The van der Waals surface area contributed by atoms with Crippen molar-refractivity contribution < 1.29 is 18.7 Å². The fourth-order valence-corrected chi connectivity index (χ4v) is 3.74. The Balaban J connectivity index is 1.90. The maximum absolute atomic E-state index is 14.3. The van der Waals surface area contributed by atoms with E-state index >= 15 is 0 Å². The smallest absolute Gasteiger partial charge is 0.339 e. The molecule has 0 radical (unpaired) electrons. The lowest BCUT2D eigenvalue weighted by Gasteiger charge is -2.33. The summed E-state index contributed by atoms with van der Waals surface area (Å²) in [6.45, 7) is 3.65. The highest BCUT2D eigenvalue weighted by Crippen LogP contribution is 2.43. The van der Waals surface area contributed by atoms with Crippen LogP contribution in [0.5, 0.6) is 0 Å². The number of nitrogens with one attached hydrogen (secondary N) is 2. The molecule has 3 aromatic rings. The number of hydrogen-bond acceptors (Lipinski definition) is 5. The Labute approximate surface area is 167 Å². The Morgan fingerprint density at radius 1 is 1.24 bits per heavy atom. The molecule has 0 saturated heterocycles. The van der Waals surface area contributed by atoms with Crippen molar-refractivity contribution in [3.63, 3.8) is 0 Å². The van der Waals surface area contributed by atoms with Gasteiger partial charge in [-0.25, -0.2) is 14.2 Å². The van der Waals surface area contributed by atoms with Crippen molar-refractivity contribution in [2.24, 2.45) is 0 Å². The fraction of sp³-hybridized carbons (Fsp3) is 0.227. The van der Waals surface area contributed by atoms with E-state index in [1.54, 1.807) is 13.1 Å². The maximum atomic E-state index is 14.3. The molecule has 1 aliphatic rings. The summed E-state index contributed by atoms with van der Waals surface area (Å²) in [5.41, 5.74) is 1.93. The van der Waals surface area contributed by atoms with Gasteiger partial charge >= 0.3 is 5.97 Å².